The summed E-state index contributed by atoms with van der Waals surface area (Å²) >= 11 is 0. The average molecular weight is 277 g/mol. The fourth-order valence-electron chi connectivity index (χ4n) is 2.37. The molecule has 1 heterocycles. The summed E-state index contributed by atoms with van der Waals surface area (Å²) in [5.74, 6) is 0. The average Bonchev–Trinajstić information content (AvgIpc) is 3.22. The summed E-state index contributed by atoms with van der Waals surface area (Å²) in [5.41, 5.74) is 2.58. The van der Waals surface area contributed by atoms with Crippen LogP contribution in [0.2, 0.25) is 0 Å². The molecular formula is C13H15N3O2S. The Labute approximate surface area is 112 Å². The molecule has 100 valence electrons. The number of sulfonamides is 1. The van der Waals surface area contributed by atoms with Crippen LogP contribution in [0.5, 0.6) is 0 Å². The molecule has 5 nitrogen and oxygen atoms in total. The third-order valence-electron chi connectivity index (χ3n) is 3.53. The van der Waals surface area contributed by atoms with Gasteiger partial charge in [0, 0.05) is 18.3 Å². The van der Waals surface area contributed by atoms with Crippen LogP contribution in [0.1, 0.15) is 24.0 Å². The zero-order valence-corrected chi connectivity index (χ0v) is 11.2. The van der Waals surface area contributed by atoms with E-state index < -0.39 is 10.0 Å². The van der Waals surface area contributed by atoms with Crippen molar-refractivity contribution in [2.24, 2.45) is 0 Å². The summed E-state index contributed by atoms with van der Waals surface area (Å²) in [6.45, 7) is 0.588. The van der Waals surface area contributed by atoms with Crippen molar-refractivity contribution in [3.05, 3.63) is 29.3 Å². The minimum Gasteiger partial charge on any atom is -0.383 e. The van der Waals surface area contributed by atoms with Crippen molar-refractivity contribution in [3.63, 3.8) is 0 Å². The number of rotatable bonds is 3. The van der Waals surface area contributed by atoms with Crippen LogP contribution in [0.25, 0.3) is 0 Å². The van der Waals surface area contributed by atoms with Crippen LogP contribution in [0.15, 0.2) is 18.2 Å². The number of nitriles is 1. The van der Waals surface area contributed by atoms with Gasteiger partial charge < -0.3 is 5.32 Å². The van der Waals surface area contributed by atoms with Crippen molar-refractivity contribution in [2.45, 2.75) is 30.6 Å². The van der Waals surface area contributed by atoms with Crippen molar-refractivity contribution in [1.29, 1.82) is 5.26 Å². The lowest BCUT2D eigenvalue weighted by Crippen LogP contribution is -2.44. The summed E-state index contributed by atoms with van der Waals surface area (Å²) in [5, 5.41) is 11.9. The van der Waals surface area contributed by atoms with Gasteiger partial charge in [0.2, 0.25) is 10.0 Å². The van der Waals surface area contributed by atoms with Crippen molar-refractivity contribution in [1.82, 2.24) is 4.72 Å². The molecule has 0 spiro atoms. The minimum atomic E-state index is -3.16. The fourth-order valence-corrected chi connectivity index (χ4v) is 3.95. The number of fused-ring (bicyclic) bond motifs is 1. The number of nitrogens with one attached hydrogen (secondary N) is 2. The first-order valence-corrected chi connectivity index (χ1v) is 7.91. The third kappa shape index (κ3) is 2.57. The number of nitrogens with zero attached hydrogens (tertiary/aromatic N) is 1. The summed E-state index contributed by atoms with van der Waals surface area (Å²) < 4.78 is 26.6. The largest absolute Gasteiger partial charge is 0.383 e. The Morgan fingerprint density at radius 1 is 1.37 bits per heavy atom. The Hall–Kier alpha value is -1.58. The Morgan fingerprint density at radius 3 is 2.84 bits per heavy atom. The molecule has 0 amide bonds. The van der Waals surface area contributed by atoms with Gasteiger partial charge >= 0.3 is 0 Å². The van der Waals surface area contributed by atoms with Gasteiger partial charge in [0.15, 0.2) is 0 Å². The van der Waals surface area contributed by atoms with Crippen LogP contribution >= 0.6 is 0 Å². The highest BCUT2D eigenvalue weighted by molar-refractivity contribution is 7.90. The van der Waals surface area contributed by atoms with Crippen molar-refractivity contribution in [2.75, 3.05) is 11.9 Å². The van der Waals surface area contributed by atoms with Gasteiger partial charge in [0.05, 0.1) is 16.9 Å². The molecule has 1 saturated carbocycles. The van der Waals surface area contributed by atoms with E-state index in [1.54, 1.807) is 6.07 Å². The maximum atomic E-state index is 11.9. The molecular weight excluding hydrogens is 262 g/mol. The van der Waals surface area contributed by atoms with E-state index in [1.807, 2.05) is 12.1 Å². The van der Waals surface area contributed by atoms with Crippen LogP contribution in [0.4, 0.5) is 5.69 Å². The van der Waals surface area contributed by atoms with Gasteiger partial charge in [0.1, 0.15) is 0 Å². The Morgan fingerprint density at radius 2 is 2.16 bits per heavy atom. The van der Waals surface area contributed by atoms with Gasteiger partial charge in [-0.05, 0) is 43.0 Å². The monoisotopic (exact) mass is 277 g/mol. The Kier molecular flexibility index (Phi) is 2.96. The first-order valence-electron chi connectivity index (χ1n) is 6.36. The maximum absolute atomic E-state index is 11.9. The SMILES string of the molecule is N#Cc1ccc2c(c1)CC(NS(=O)(=O)C1CC1)CN2. The molecule has 1 aromatic rings. The molecule has 1 aliphatic heterocycles. The molecule has 1 fully saturated rings. The molecule has 19 heavy (non-hydrogen) atoms. The predicted octanol–water partition coefficient (Wildman–Crippen LogP) is 0.977. The Balaban J connectivity index is 1.76. The molecule has 1 aromatic carbocycles. The molecule has 0 radical (unpaired) electrons. The first kappa shape index (κ1) is 12.5. The van der Waals surface area contributed by atoms with E-state index in [0.29, 0.717) is 18.5 Å². The lowest BCUT2D eigenvalue weighted by molar-refractivity contribution is 0.547. The third-order valence-corrected chi connectivity index (χ3v) is 5.54. The van der Waals surface area contributed by atoms with Crippen molar-refractivity contribution >= 4 is 15.7 Å². The van der Waals surface area contributed by atoms with Crippen LogP contribution in [-0.2, 0) is 16.4 Å². The molecule has 2 N–H and O–H groups in total. The lowest BCUT2D eigenvalue weighted by Gasteiger charge is -2.26. The fraction of sp³-hybridized carbons (Fsp3) is 0.462. The van der Waals surface area contributed by atoms with Gasteiger partial charge in [-0.2, -0.15) is 5.26 Å². The van der Waals surface area contributed by atoms with Gasteiger partial charge in [-0.15, -0.1) is 0 Å². The second-order valence-electron chi connectivity index (χ2n) is 5.13. The van der Waals surface area contributed by atoms with E-state index in [9.17, 15) is 8.42 Å². The molecule has 1 atom stereocenters. The van der Waals surface area contributed by atoms with Crippen LogP contribution in [0, 0.1) is 11.3 Å². The van der Waals surface area contributed by atoms with Crippen LogP contribution < -0.4 is 10.0 Å². The Bertz CT molecular complexity index is 644. The molecule has 0 bridgehead atoms. The van der Waals surface area contributed by atoms with Gasteiger partial charge in [0.25, 0.3) is 0 Å². The highest BCUT2D eigenvalue weighted by atomic mass is 32.2. The normalized spacial score (nSPS) is 22.2. The first-order chi connectivity index (χ1) is 9.08. The van der Waals surface area contributed by atoms with E-state index in [4.69, 9.17) is 5.26 Å². The van der Waals surface area contributed by atoms with Gasteiger partial charge in [-0.25, -0.2) is 13.1 Å². The quantitative estimate of drug-likeness (QED) is 0.862. The summed E-state index contributed by atoms with van der Waals surface area (Å²) in [4.78, 5) is 0. The zero-order chi connectivity index (χ0) is 13.5. The predicted molar refractivity (Wildman–Crippen MR) is 72.2 cm³/mol. The molecule has 1 unspecified atom stereocenters. The van der Waals surface area contributed by atoms with E-state index in [-0.39, 0.29) is 11.3 Å². The molecule has 3 rings (SSSR count). The molecule has 1 aliphatic carbocycles. The minimum absolute atomic E-state index is 0.132. The van der Waals surface area contributed by atoms with Gasteiger partial charge in [-0.1, -0.05) is 0 Å². The molecule has 6 heteroatoms. The summed E-state index contributed by atoms with van der Waals surface area (Å²) in [6, 6.07) is 7.43. The topological polar surface area (TPSA) is 82.0 Å². The van der Waals surface area contributed by atoms with Crippen molar-refractivity contribution < 1.29 is 8.42 Å². The highest BCUT2D eigenvalue weighted by Crippen LogP contribution is 2.29. The van der Waals surface area contributed by atoms with E-state index >= 15 is 0 Å². The van der Waals surface area contributed by atoms with Crippen LogP contribution in [0.3, 0.4) is 0 Å². The lowest BCUT2D eigenvalue weighted by atomic mass is 9.98. The second kappa shape index (κ2) is 4.51. The van der Waals surface area contributed by atoms with E-state index in [2.05, 4.69) is 16.1 Å². The van der Waals surface area contributed by atoms with E-state index in [1.165, 1.54) is 0 Å². The number of hydrogen-bond donors (Lipinski definition) is 2. The highest BCUT2D eigenvalue weighted by Gasteiger charge is 2.37. The van der Waals surface area contributed by atoms with E-state index in [0.717, 1.165) is 24.1 Å². The molecule has 0 aromatic heterocycles. The molecule has 0 saturated heterocycles. The molecule has 2 aliphatic rings. The summed E-state index contributed by atoms with van der Waals surface area (Å²) in [6.07, 6.45) is 2.17. The summed E-state index contributed by atoms with van der Waals surface area (Å²) in [7, 11) is -3.16. The number of anilines is 1. The van der Waals surface area contributed by atoms with Crippen molar-refractivity contribution in [3.8, 4) is 6.07 Å². The number of benzene rings is 1. The van der Waals surface area contributed by atoms with Gasteiger partial charge in [-0.3, -0.25) is 0 Å². The second-order valence-corrected chi connectivity index (χ2v) is 7.12. The zero-order valence-electron chi connectivity index (χ0n) is 10.4. The standard InChI is InChI=1S/C13H15N3O2S/c14-7-9-1-4-13-10(5-9)6-11(8-15-13)16-19(17,18)12-2-3-12/h1,4-5,11-12,15-16H,2-3,6,8H2. The van der Waals surface area contributed by atoms with Crippen LogP contribution in [-0.4, -0.2) is 26.3 Å². The smallest absolute Gasteiger partial charge is 0.214 e. The number of hydrogen-bond acceptors (Lipinski definition) is 4. The maximum Gasteiger partial charge on any atom is 0.214 e.